The van der Waals surface area contributed by atoms with Crippen molar-refractivity contribution in [3.05, 3.63) is 23.8 Å². The minimum absolute atomic E-state index is 0.0300. The molecule has 0 radical (unpaired) electrons. The number of benzene rings is 1. The number of ether oxygens (including phenoxy) is 1. The minimum Gasteiger partial charge on any atom is -0.504 e. The second kappa shape index (κ2) is 13.6. The molecule has 0 atom stereocenters. The van der Waals surface area contributed by atoms with Gasteiger partial charge in [0.25, 0.3) is 5.91 Å². The van der Waals surface area contributed by atoms with Crippen LogP contribution in [0.5, 0.6) is 11.5 Å². The normalized spacial score (nSPS) is 10.7. The number of amides is 2. The Bertz CT molecular complexity index is 617. The van der Waals surface area contributed by atoms with Crippen molar-refractivity contribution in [2.75, 3.05) is 13.7 Å². The van der Waals surface area contributed by atoms with Crippen LogP contribution in [0.3, 0.4) is 0 Å². The van der Waals surface area contributed by atoms with Crippen LogP contribution in [-0.2, 0) is 9.59 Å². The summed E-state index contributed by atoms with van der Waals surface area (Å²) >= 11 is 0. The number of nitrogens with zero attached hydrogens (tertiary/aromatic N) is 1. The van der Waals surface area contributed by atoms with Crippen molar-refractivity contribution in [1.29, 1.82) is 0 Å². The monoisotopic (exact) mass is 377 g/mol. The Kier molecular flexibility index (Phi) is 11.3. The molecular formula is C20H31N3O4. The Morgan fingerprint density at radius 3 is 2.52 bits per heavy atom. The summed E-state index contributed by atoms with van der Waals surface area (Å²) in [7, 11) is 1.45. The van der Waals surface area contributed by atoms with E-state index in [1.807, 2.05) is 0 Å². The number of unbranched alkanes of at least 4 members (excludes halogenated alkanes) is 6. The number of hydrogen-bond donors (Lipinski definition) is 3. The Balaban J connectivity index is 2.16. The summed E-state index contributed by atoms with van der Waals surface area (Å²) in [4.78, 5) is 23.4. The van der Waals surface area contributed by atoms with Gasteiger partial charge in [-0.1, -0.05) is 45.4 Å². The van der Waals surface area contributed by atoms with Crippen LogP contribution in [0, 0.1) is 0 Å². The van der Waals surface area contributed by atoms with Gasteiger partial charge in [-0.15, -0.1) is 0 Å². The molecule has 0 fully saturated rings. The van der Waals surface area contributed by atoms with Crippen molar-refractivity contribution < 1.29 is 19.4 Å². The van der Waals surface area contributed by atoms with E-state index in [0.717, 1.165) is 19.3 Å². The first-order chi connectivity index (χ1) is 13.1. The molecule has 7 heteroatoms. The quantitative estimate of drug-likeness (QED) is 0.279. The van der Waals surface area contributed by atoms with E-state index in [0.29, 0.717) is 17.7 Å². The standard InChI is InChI=1S/C20H31N3O4/c1-3-4-5-6-7-8-9-10-19(25)21-15-20(26)23-22-14-16-11-12-17(24)18(13-16)27-2/h11-14,24H,3-10,15H2,1-2H3,(H,21,25)(H,23,26)/b22-14+. The molecule has 2 amide bonds. The number of phenols is 1. The highest BCUT2D eigenvalue weighted by molar-refractivity contribution is 5.86. The lowest BCUT2D eigenvalue weighted by Crippen LogP contribution is -2.34. The predicted molar refractivity (Wildman–Crippen MR) is 106 cm³/mol. The van der Waals surface area contributed by atoms with Gasteiger partial charge in [0.2, 0.25) is 5.91 Å². The molecule has 0 unspecified atom stereocenters. The molecule has 0 heterocycles. The fraction of sp³-hybridized carbons (Fsp3) is 0.550. The molecule has 0 bridgehead atoms. The molecule has 27 heavy (non-hydrogen) atoms. The Morgan fingerprint density at radius 1 is 1.11 bits per heavy atom. The highest BCUT2D eigenvalue weighted by Crippen LogP contribution is 2.25. The molecular weight excluding hydrogens is 346 g/mol. The van der Waals surface area contributed by atoms with Crippen molar-refractivity contribution in [3.8, 4) is 11.5 Å². The summed E-state index contributed by atoms with van der Waals surface area (Å²) in [6.45, 7) is 2.09. The zero-order chi connectivity index (χ0) is 19.9. The Labute approximate surface area is 161 Å². The number of carbonyl (C=O) groups excluding carboxylic acids is 2. The molecule has 0 aliphatic rings. The maximum atomic E-state index is 11.7. The third-order valence-electron chi connectivity index (χ3n) is 4.06. The molecule has 0 saturated heterocycles. The van der Waals surface area contributed by atoms with Crippen LogP contribution in [0.1, 0.15) is 63.9 Å². The summed E-state index contributed by atoms with van der Waals surface area (Å²) in [5.41, 5.74) is 3.01. The van der Waals surface area contributed by atoms with Crippen molar-refractivity contribution in [1.82, 2.24) is 10.7 Å². The summed E-state index contributed by atoms with van der Waals surface area (Å²) < 4.78 is 5.00. The summed E-state index contributed by atoms with van der Waals surface area (Å²) in [6, 6.07) is 4.71. The minimum atomic E-state index is -0.398. The maximum Gasteiger partial charge on any atom is 0.259 e. The lowest BCUT2D eigenvalue weighted by Gasteiger charge is -2.05. The first-order valence-electron chi connectivity index (χ1n) is 9.52. The van der Waals surface area contributed by atoms with Gasteiger partial charge in [0.1, 0.15) is 0 Å². The molecule has 0 spiro atoms. The average molecular weight is 377 g/mol. The number of hydrazone groups is 1. The summed E-state index contributed by atoms with van der Waals surface area (Å²) in [5.74, 6) is -0.166. The van der Waals surface area contributed by atoms with E-state index < -0.39 is 5.91 Å². The second-order valence-corrected chi connectivity index (χ2v) is 6.37. The van der Waals surface area contributed by atoms with Gasteiger partial charge in [0.15, 0.2) is 11.5 Å². The van der Waals surface area contributed by atoms with Crippen molar-refractivity contribution in [2.45, 2.75) is 58.3 Å². The van der Waals surface area contributed by atoms with Crippen LogP contribution in [0.25, 0.3) is 0 Å². The van der Waals surface area contributed by atoms with Gasteiger partial charge >= 0.3 is 0 Å². The predicted octanol–water partition coefficient (Wildman–Crippen LogP) is 3.11. The fourth-order valence-corrected chi connectivity index (χ4v) is 2.50. The third-order valence-corrected chi connectivity index (χ3v) is 4.06. The van der Waals surface area contributed by atoms with Gasteiger partial charge in [-0.3, -0.25) is 9.59 Å². The van der Waals surface area contributed by atoms with Gasteiger partial charge in [-0.2, -0.15) is 5.10 Å². The largest absolute Gasteiger partial charge is 0.504 e. The average Bonchev–Trinajstić information content (AvgIpc) is 2.67. The van der Waals surface area contributed by atoms with Crippen LogP contribution < -0.4 is 15.5 Å². The summed E-state index contributed by atoms with van der Waals surface area (Å²) in [5, 5.41) is 15.9. The van der Waals surface area contributed by atoms with Gasteiger partial charge in [0.05, 0.1) is 19.9 Å². The first kappa shape index (κ1) is 22.5. The molecule has 1 aromatic rings. The SMILES string of the molecule is CCCCCCCCCC(=O)NCC(=O)N/N=C/c1ccc(O)c(OC)c1. The molecule has 150 valence electrons. The number of phenolic OH excluding ortho intramolecular Hbond substituents is 1. The Hall–Kier alpha value is -2.57. The van der Waals surface area contributed by atoms with Crippen LogP contribution in [0.15, 0.2) is 23.3 Å². The van der Waals surface area contributed by atoms with E-state index in [9.17, 15) is 14.7 Å². The van der Waals surface area contributed by atoms with Crippen LogP contribution in [0.4, 0.5) is 0 Å². The van der Waals surface area contributed by atoms with E-state index in [4.69, 9.17) is 4.74 Å². The van der Waals surface area contributed by atoms with E-state index in [2.05, 4.69) is 22.8 Å². The Morgan fingerprint density at radius 2 is 1.81 bits per heavy atom. The van der Waals surface area contributed by atoms with Gasteiger partial charge < -0.3 is 15.2 Å². The van der Waals surface area contributed by atoms with Crippen LogP contribution >= 0.6 is 0 Å². The van der Waals surface area contributed by atoms with E-state index in [-0.39, 0.29) is 18.2 Å². The van der Waals surface area contributed by atoms with E-state index in [1.165, 1.54) is 45.1 Å². The lowest BCUT2D eigenvalue weighted by atomic mass is 10.1. The van der Waals surface area contributed by atoms with Crippen molar-refractivity contribution >= 4 is 18.0 Å². The number of carbonyl (C=O) groups is 2. The zero-order valence-corrected chi connectivity index (χ0v) is 16.3. The highest BCUT2D eigenvalue weighted by Gasteiger charge is 2.05. The van der Waals surface area contributed by atoms with Gasteiger partial charge in [-0.05, 0) is 30.2 Å². The van der Waals surface area contributed by atoms with E-state index >= 15 is 0 Å². The molecule has 0 aliphatic heterocycles. The second-order valence-electron chi connectivity index (χ2n) is 6.37. The molecule has 3 N–H and O–H groups in total. The molecule has 0 aromatic heterocycles. The molecule has 0 aliphatic carbocycles. The highest BCUT2D eigenvalue weighted by atomic mass is 16.5. The van der Waals surface area contributed by atoms with Crippen LogP contribution in [-0.4, -0.2) is 36.8 Å². The molecule has 1 aromatic carbocycles. The summed E-state index contributed by atoms with van der Waals surface area (Å²) in [6.07, 6.45) is 9.92. The molecule has 1 rings (SSSR count). The first-order valence-corrected chi connectivity index (χ1v) is 9.52. The van der Waals surface area contributed by atoms with Crippen molar-refractivity contribution in [2.24, 2.45) is 5.10 Å². The lowest BCUT2D eigenvalue weighted by molar-refractivity contribution is -0.126. The van der Waals surface area contributed by atoms with Gasteiger partial charge in [-0.25, -0.2) is 5.43 Å². The number of hydrogen-bond acceptors (Lipinski definition) is 5. The van der Waals surface area contributed by atoms with E-state index in [1.54, 1.807) is 12.1 Å². The van der Waals surface area contributed by atoms with Gasteiger partial charge in [0, 0.05) is 6.42 Å². The fourth-order valence-electron chi connectivity index (χ4n) is 2.50. The zero-order valence-electron chi connectivity index (χ0n) is 16.3. The molecule has 0 saturated carbocycles. The number of rotatable bonds is 13. The number of nitrogens with one attached hydrogen (secondary N) is 2. The smallest absolute Gasteiger partial charge is 0.259 e. The van der Waals surface area contributed by atoms with Crippen LogP contribution in [0.2, 0.25) is 0 Å². The third kappa shape index (κ3) is 10.2. The molecule has 7 nitrogen and oxygen atoms in total. The maximum absolute atomic E-state index is 11.7. The number of methoxy groups -OCH3 is 1. The van der Waals surface area contributed by atoms with Crippen molar-refractivity contribution in [3.63, 3.8) is 0 Å². The number of aromatic hydroxyl groups is 1. The topological polar surface area (TPSA) is 100 Å².